The summed E-state index contributed by atoms with van der Waals surface area (Å²) in [6.07, 6.45) is 0. The van der Waals surface area contributed by atoms with Crippen molar-refractivity contribution in [3.63, 3.8) is 0 Å². The van der Waals surface area contributed by atoms with E-state index in [1.807, 2.05) is 6.07 Å². The molecular formula is C14H10BrN3O3S. The number of nitrogens with zero attached hydrogens (tertiary/aromatic N) is 1. The molecule has 2 aromatic rings. The van der Waals surface area contributed by atoms with Crippen molar-refractivity contribution in [1.29, 1.82) is 5.26 Å². The van der Waals surface area contributed by atoms with E-state index in [9.17, 15) is 9.59 Å². The number of ether oxygens (including phenoxy) is 1. The van der Waals surface area contributed by atoms with Gasteiger partial charge in [-0.25, -0.2) is 0 Å². The lowest BCUT2D eigenvalue weighted by Gasteiger charge is -2.08. The molecule has 1 aromatic heterocycles. The zero-order valence-corrected chi connectivity index (χ0v) is 13.5. The number of rotatable bonds is 4. The summed E-state index contributed by atoms with van der Waals surface area (Å²) >= 11 is 4.51. The van der Waals surface area contributed by atoms with Gasteiger partial charge in [-0.15, -0.1) is 11.3 Å². The van der Waals surface area contributed by atoms with Crippen molar-refractivity contribution >= 4 is 39.1 Å². The number of hydrogen-bond donors (Lipinski definition) is 2. The number of carbonyl (C=O) groups excluding carboxylic acids is 2. The van der Waals surface area contributed by atoms with Crippen molar-refractivity contribution in [2.24, 2.45) is 0 Å². The fourth-order valence-electron chi connectivity index (χ4n) is 1.44. The van der Waals surface area contributed by atoms with Crippen LogP contribution in [0, 0.1) is 11.3 Å². The molecule has 0 aliphatic rings. The van der Waals surface area contributed by atoms with Crippen LogP contribution in [0.4, 0.5) is 0 Å². The Hall–Kier alpha value is -2.37. The van der Waals surface area contributed by atoms with Gasteiger partial charge in [-0.3, -0.25) is 20.4 Å². The molecule has 0 aliphatic heterocycles. The van der Waals surface area contributed by atoms with E-state index in [-0.39, 0.29) is 6.61 Å². The maximum Gasteiger partial charge on any atom is 0.279 e. The van der Waals surface area contributed by atoms with Gasteiger partial charge in [0.15, 0.2) is 6.61 Å². The Morgan fingerprint density at radius 3 is 2.50 bits per heavy atom. The van der Waals surface area contributed by atoms with Gasteiger partial charge in [0.05, 0.1) is 20.3 Å². The van der Waals surface area contributed by atoms with Crippen molar-refractivity contribution in [2.75, 3.05) is 6.61 Å². The number of carbonyl (C=O) groups is 2. The maximum absolute atomic E-state index is 11.7. The van der Waals surface area contributed by atoms with Crippen LogP contribution in [0.2, 0.25) is 0 Å². The molecule has 22 heavy (non-hydrogen) atoms. The van der Waals surface area contributed by atoms with Crippen LogP contribution in [-0.2, 0) is 4.79 Å². The second kappa shape index (κ2) is 7.59. The van der Waals surface area contributed by atoms with E-state index in [0.29, 0.717) is 16.2 Å². The number of nitrogens with one attached hydrogen (secondary N) is 2. The molecule has 112 valence electrons. The molecule has 0 fully saturated rings. The van der Waals surface area contributed by atoms with E-state index in [4.69, 9.17) is 10.00 Å². The fraction of sp³-hybridized carbons (Fsp3) is 0.0714. The van der Waals surface area contributed by atoms with Gasteiger partial charge >= 0.3 is 0 Å². The minimum atomic E-state index is -0.492. The molecule has 0 saturated carbocycles. The monoisotopic (exact) mass is 379 g/mol. The van der Waals surface area contributed by atoms with Gasteiger partial charge in [-0.1, -0.05) is 0 Å². The Bertz CT molecular complexity index is 722. The molecule has 0 saturated heterocycles. The summed E-state index contributed by atoms with van der Waals surface area (Å²) in [7, 11) is 0. The Morgan fingerprint density at radius 1 is 1.18 bits per heavy atom. The Labute approximate surface area is 138 Å². The largest absolute Gasteiger partial charge is 0.484 e. The Kier molecular flexibility index (Phi) is 5.52. The molecule has 0 unspecified atom stereocenters. The van der Waals surface area contributed by atoms with Gasteiger partial charge in [-0.05, 0) is 52.3 Å². The van der Waals surface area contributed by atoms with Crippen LogP contribution >= 0.6 is 27.3 Å². The number of amides is 2. The molecule has 1 heterocycles. The predicted octanol–water partition coefficient (Wildman–Crippen LogP) is 2.22. The third kappa shape index (κ3) is 4.58. The van der Waals surface area contributed by atoms with E-state index >= 15 is 0 Å². The smallest absolute Gasteiger partial charge is 0.279 e. The minimum Gasteiger partial charge on any atom is -0.484 e. The first-order valence-corrected chi connectivity index (χ1v) is 7.67. The predicted molar refractivity (Wildman–Crippen MR) is 84.3 cm³/mol. The van der Waals surface area contributed by atoms with Crippen LogP contribution < -0.4 is 15.6 Å². The first-order chi connectivity index (χ1) is 10.6. The number of hydrazine groups is 1. The normalized spacial score (nSPS) is 9.64. The second-order valence-corrected chi connectivity index (χ2v) is 6.49. The van der Waals surface area contributed by atoms with Crippen molar-refractivity contribution in [2.45, 2.75) is 0 Å². The highest BCUT2D eigenvalue weighted by atomic mass is 79.9. The average Bonchev–Trinajstić information content (AvgIpc) is 2.97. The molecule has 1 aromatic carbocycles. The molecule has 6 nitrogen and oxygen atoms in total. The van der Waals surface area contributed by atoms with E-state index in [2.05, 4.69) is 26.8 Å². The number of halogens is 1. The van der Waals surface area contributed by atoms with E-state index in [0.717, 1.165) is 3.79 Å². The summed E-state index contributed by atoms with van der Waals surface area (Å²) in [5.74, 6) is -0.432. The SMILES string of the molecule is N#Cc1ccc(OCC(=O)NNC(=O)c2ccc(Br)s2)cc1. The van der Waals surface area contributed by atoms with E-state index in [1.54, 1.807) is 36.4 Å². The molecule has 0 atom stereocenters. The molecule has 2 rings (SSSR count). The van der Waals surface area contributed by atoms with Gasteiger partial charge in [0.1, 0.15) is 5.75 Å². The first-order valence-electron chi connectivity index (χ1n) is 6.06. The highest BCUT2D eigenvalue weighted by Gasteiger charge is 2.10. The van der Waals surface area contributed by atoms with Crippen molar-refractivity contribution in [3.05, 3.63) is 50.6 Å². The van der Waals surface area contributed by atoms with Gasteiger partial charge in [0.2, 0.25) is 0 Å². The van der Waals surface area contributed by atoms with E-state index < -0.39 is 11.8 Å². The topological polar surface area (TPSA) is 91.2 Å². The van der Waals surface area contributed by atoms with Gasteiger partial charge in [-0.2, -0.15) is 5.26 Å². The molecule has 2 N–H and O–H groups in total. The molecule has 0 spiro atoms. The third-order valence-electron chi connectivity index (χ3n) is 2.47. The Balaban J connectivity index is 1.76. The van der Waals surface area contributed by atoms with Gasteiger partial charge in [0, 0.05) is 0 Å². The number of benzene rings is 1. The number of nitriles is 1. The van der Waals surface area contributed by atoms with Crippen LogP contribution in [0.3, 0.4) is 0 Å². The summed E-state index contributed by atoms with van der Waals surface area (Å²) in [6.45, 7) is -0.250. The van der Waals surface area contributed by atoms with Crippen LogP contribution in [0.25, 0.3) is 0 Å². The summed E-state index contributed by atoms with van der Waals surface area (Å²) in [6, 6.07) is 11.7. The van der Waals surface area contributed by atoms with Gasteiger partial charge in [0.25, 0.3) is 11.8 Å². The first kappa shape index (κ1) is 16.0. The molecule has 0 aliphatic carbocycles. The molecule has 0 radical (unpaired) electrons. The minimum absolute atomic E-state index is 0.250. The summed E-state index contributed by atoms with van der Waals surface area (Å²) in [5.41, 5.74) is 5.06. The summed E-state index contributed by atoms with van der Waals surface area (Å²) < 4.78 is 6.06. The Morgan fingerprint density at radius 2 is 1.91 bits per heavy atom. The van der Waals surface area contributed by atoms with Crippen LogP contribution in [-0.4, -0.2) is 18.4 Å². The molecule has 2 amide bonds. The molecule has 8 heteroatoms. The van der Waals surface area contributed by atoms with Crippen molar-refractivity contribution < 1.29 is 14.3 Å². The fourth-order valence-corrected chi connectivity index (χ4v) is 2.72. The quantitative estimate of drug-likeness (QED) is 0.796. The lowest BCUT2D eigenvalue weighted by atomic mass is 10.2. The van der Waals surface area contributed by atoms with Crippen LogP contribution in [0.1, 0.15) is 15.2 Å². The van der Waals surface area contributed by atoms with E-state index in [1.165, 1.54) is 11.3 Å². The maximum atomic E-state index is 11.7. The number of thiophene rings is 1. The molecule has 0 bridgehead atoms. The highest BCUT2D eigenvalue weighted by molar-refractivity contribution is 9.11. The van der Waals surface area contributed by atoms with Crippen molar-refractivity contribution in [3.8, 4) is 11.8 Å². The number of hydrogen-bond acceptors (Lipinski definition) is 5. The summed E-state index contributed by atoms with van der Waals surface area (Å²) in [5, 5.41) is 8.67. The van der Waals surface area contributed by atoms with Crippen LogP contribution in [0.15, 0.2) is 40.2 Å². The van der Waals surface area contributed by atoms with Crippen LogP contribution in [0.5, 0.6) is 5.75 Å². The van der Waals surface area contributed by atoms with Crippen molar-refractivity contribution in [1.82, 2.24) is 10.9 Å². The summed E-state index contributed by atoms with van der Waals surface area (Å²) in [4.78, 5) is 23.7. The zero-order valence-electron chi connectivity index (χ0n) is 11.1. The lowest BCUT2D eigenvalue weighted by molar-refractivity contribution is -0.123. The van der Waals surface area contributed by atoms with Gasteiger partial charge < -0.3 is 4.74 Å². The average molecular weight is 380 g/mol. The molecular weight excluding hydrogens is 370 g/mol. The lowest BCUT2D eigenvalue weighted by Crippen LogP contribution is -2.43. The standard InChI is InChI=1S/C14H10BrN3O3S/c15-12-6-5-11(22-12)14(20)18-17-13(19)8-21-10-3-1-9(7-16)2-4-10/h1-6H,8H2,(H,17,19)(H,18,20). The second-order valence-electron chi connectivity index (χ2n) is 4.03. The zero-order chi connectivity index (χ0) is 15.9. The third-order valence-corrected chi connectivity index (χ3v) is 4.09. The highest BCUT2D eigenvalue weighted by Crippen LogP contribution is 2.21.